The number of aromatic hydroxyl groups is 1. The first-order chi connectivity index (χ1) is 15.4. The van der Waals surface area contributed by atoms with E-state index in [0.29, 0.717) is 5.56 Å². The zero-order chi connectivity index (χ0) is 24.6. The molecule has 4 rings (SSSR count). The number of ether oxygens (including phenoxy) is 1. The summed E-state index contributed by atoms with van der Waals surface area (Å²) in [5, 5.41) is 54.3. The van der Waals surface area contributed by atoms with Gasteiger partial charge in [0.1, 0.15) is 23.0 Å². The molecule has 0 radical (unpaired) electrons. The average molecular weight is 461 g/mol. The van der Waals surface area contributed by atoms with Crippen molar-refractivity contribution in [1.29, 1.82) is 0 Å². The smallest absolute Gasteiger partial charge is 0.341 e. The second-order valence-electron chi connectivity index (χ2n) is 8.73. The number of primary amides is 1. The van der Waals surface area contributed by atoms with Crippen LogP contribution in [-0.2, 0) is 19.1 Å². The van der Waals surface area contributed by atoms with Crippen molar-refractivity contribution in [2.45, 2.75) is 37.1 Å². The van der Waals surface area contributed by atoms with E-state index in [9.17, 15) is 44.7 Å². The van der Waals surface area contributed by atoms with Crippen LogP contribution in [0.15, 0.2) is 17.7 Å². The predicted octanol–water partition coefficient (Wildman–Crippen LogP) is -1.09. The number of fused-ring (bicyclic) bond motifs is 3. The van der Waals surface area contributed by atoms with Gasteiger partial charge in [0, 0.05) is 17.4 Å². The fourth-order valence-electron chi connectivity index (χ4n) is 5.57. The van der Waals surface area contributed by atoms with Crippen molar-refractivity contribution in [2.75, 3.05) is 7.11 Å². The van der Waals surface area contributed by atoms with Crippen LogP contribution in [0.1, 0.15) is 40.7 Å². The molecule has 0 bridgehead atoms. The minimum absolute atomic E-state index is 0.269. The van der Waals surface area contributed by atoms with Gasteiger partial charge in [0.2, 0.25) is 11.7 Å². The molecule has 3 aliphatic rings. The molecule has 33 heavy (non-hydrogen) atoms. The molecule has 1 amide bonds. The topological polar surface area (TPSA) is 205 Å². The standard InChI is InChI=1S/C22H23NO10/c1-6-7-3-4-8(21(31)33-2)15(25)12(7)17(27)14-11(6)16(26)9-5-10(24)13(20(23)30)18(28)22(9,32)19(14)29/h3-4,6,9-11,13,16,24-27,32H,5H2,1-2H3,(H2,23,30)/t6-,9?,10?,11?,13?,16+,22?/m0/s1. The lowest BCUT2D eigenvalue weighted by Gasteiger charge is -2.52. The number of aliphatic hydroxyl groups is 4. The largest absolute Gasteiger partial charge is 0.507 e. The number of phenolic OH excluding ortho intramolecular Hbond substituents is 1. The number of hydrogen-bond donors (Lipinski definition) is 6. The van der Waals surface area contributed by atoms with Crippen molar-refractivity contribution in [2.24, 2.45) is 23.5 Å². The van der Waals surface area contributed by atoms with E-state index in [4.69, 9.17) is 5.73 Å². The van der Waals surface area contributed by atoms with Crippen molar-refractivity contribution in [1.82, 2.24) is 0 Å². The zero-order valence-corrected chi connectivity index (χ0v) is 17.7. The molecule has 2 fully saturated rings. The third kappa shape index (κ3) is 2.79. The van der Waals surface area contributed by atoms with Gasteiger partial charge in [0.25, 0.3) is 0 Å². The molecule has 0 heterocycles. The SMILES string of the molecule is COC(=O)c1ccc2c(c1O)C(O)=C1C(=O)C3(O)C(=O)C(C(N)=O)C(O)CC3[C@@H](O)C1[C@H]2C. The minimum Gasteiger partial charge on any atom is -0.507 e. The maximum absolute atomic E-state index is 13.5. The number of carbonyl (C=O) groups is 4. The van der Waals surface area contributed by atoms with E-state index in [2.05, 4.69) is 4.74 Å². The van der Waals surface area contributed by atoms with E-state index in [1.165, 1.54) is 12.1 Å². The Morgan fingerprint density at radius 1 is 1.18 bits per heavy atom. The summed E-state index contributed by atoms with van der Waals surface area (Å²) in [6.45, 7) is 1.60. The molecule has 7 N–H and O–H groups in total. The van der Waals surface area contributed by atoms with E-state index >= 15 is 0 Å². The highest BCUT2D eigenvalue weighted by atomic mass is 16.5. The highest BCUT2D eigenvalue weighted by Gasteiger charge is 2.67. The van der Waals surface area contributed by atoms with Gasteiger partial charge in [-0.05, 0) is 24.0 Å². The second kappa shape index (κ2) is 7.37. The van der Waals surface area contributed by atoms with E-state index < -0.39 is 88.4 Å². The van der Waals surface area contributed by atoms with E-state index in [-0.39, 0.29) is 11.1 Å². The molecule has 5 unspecified atom stereocenters. The number of Topliss-reactive ketones (excluding diaryl/α,β-unsaturated/α-hetero) is 2. The molecule has 3 aliphatic carbocycles. The van der Waals surface area contributed by atoms with Gasteiger partial charge >= 0.3 is 5.97 Å². The first kappa shape index (κ1) is 22.9. The van der Waals surface area contributed by atoms with Crippen LogP contribution in [0.3, 0.4) is 0 Å². The monoisotopic (exact) mass is 461 g/mol. The lowest BCUT2D eigenvalue weighted by atomic mass is 9.53. The number of carbonyl (C=O) groups excluding carboxylic acids is 4. The number of ketones is 2. The summed E-state index contributed by atoms with van der Waals surface area (Å²) in [4.78, 5) is 50.2. The third-order valence-electron chi connectivity index (χ3n) is 7.22. The second-order valence-corrected chi connectivity index (χ2v) is 8.73. The Labute approximate surface area is 187 Å². The summed E-state index contributed by atoms with van der Waals surface area (Å²) in [6, 6.07) is 2.70. The Kier molecular flexibility index (Phi) is 5.11. The third-order valence-corrected chi connectivity index (χ3v) is 7.22. The van der Waals surface area contributed by atoms with Crippen molar-refractivity contribution in [3.8, 4) is 5.75 Å². The zero-order valence-electron chi connectivity index (χ0n) is 17.7. The van der Waals surface area contributed by atoms with Gasteiger partial charge in [-0.3, -0.25) is 14.4 Å². The Morgan fingerprint density at radius 3 is 2.39 bits per heavy atom. The van der Waals surface area contributed by atoms with Gasteiger partial charge in [-0.15, -0.1) is 0 Å². The van der Waals surface area contributed by atoms with Gasteiger partial charge in [-0.2, -0.15) is 0 Å². The molecule has 176 valence electrons. The van der Waals surface area contributed by atoms with Crippen molar-refractivity contribution in [3.63, 3.8) is 0 Å². The Balaban J connectivity index is 1.95. The lowest BCUT2D eigenvalue weighted by Crippen LogP contribution is -2.70. The van der Waals surface area contributed by atoms with E-state index in [1.54, 1.807) is 6.92 Å². The number of esters is 1. The maximum atomic E-state index is 13.5. The minimum atomic E-state index is -2.93. The maximum Gasteiger partial charge on any atom is 0.341 e. The average Bonchev–Trinajstić information content (AvgIpc) is 2.75. The van der Waals surface area contributed by atoms with Crippen LogP contribution >= 0.6 is 0 Å². The normalized spacial score (nSPS) is 35.4. The first-order valence-corrected chi connectivity index (χ1v) is 10.2. The molecule has 11 nitrogen and oxygen atoms in total. The van der Waals surface area contributed by atoms with Gasteiger partial charge in [-0.25, -0.2) is 4.79 Å². The fourth-order valence-corrected chi connectivity index (χ4v) is 5.57. The molecular formula is C22H23NO10. The summed E-state index contributed by atoms with van der Waals surface area (Å²) < 4.78 is 4.60. The van der Waals surface area contributed by atoms with Gasteiger partial charge in [0.05, 0.1) is 24.9 Å². The van der Waals surface area contributed by atoms with Crippen molar-refractivity contribution >= 4 is 29.2 Å². The van der Waals surface area contributed by atoms with Crippen molar-refractivity contribution in [3.05, 3.63) is 34.4 Å². The van der Waals surface area contributed by atoms with Crippen LogP contribution in [0.4, 0.5) is 0 Å². The van der Waals surface area contributed by atoms with Crippen LogP contribution in [0.5, 0.6) is 5.75 Å². The van der Waals surface area contributed by atoms with Gasteiger partial charge in [0.15, 0.2) is 11.4 Å². The predicted molar refractivity (Wildman–Crippen MR) is 109 cm³/mol. The summed E-state index contributed by atoms with van der Waals surface area (Å²) in [6.07, 6.45) is -3.65. The summed E-state index contributed by atoms with van der Waals surface area (Å²) in [5.41, 5.74) is 1.49. The molecule has 2 saturated carbocycles. The van der Waals surface area contributed by atoms with Crippen LogP contribution in [0.25, 0.3) is 5.76 Å². The summed E-state index contributed by atoms with van der Waals surface area (Å²) in [7, 11) is 1.09. The first-order valence-electron chi connectivity index (χ1n) is 10.2. The molecule has 7 atom stereocenters. The molecule has 0 spiro atoms. The number of aliphatic hydroxyl groups excluding tert-OH is 3. The Hall–Kier alpha value is -3.28. The molecule has 0 aromatic heterocycles. The number of rotatable bonds is 2. The van der Waals surface area contributed by atoms with Gasteiger partial charge < -0.3 is 36.0 Å². The molecule has 0 saturated heterocycles. The number of hydrogen-bond acceptors (Lipinski definition) is 10. The van der Waals surface area contributed by atoms with Crippen molar-refractivity contribution < 1.29 is 49.4 Å². The summed E-state index contributed by atoms with van der Waals surface area (Å²) >= 11 is 0. The Morgan fingerprint density at radius 2 is 1.82 bits per heavy atom. The number of phenols is 1. The van der Waals surface area contributed by atoms with Crippen LogP contribution in [0, 0.1) is 17.8 Å². The Bertz CT molecular complexity index is 1140. The highest BCUT2D eigenvalue weighted by Crippen LogP contribution is 2.55. The van der Waals surface area contributed by atoms with E-state index in [1.807, 2.05) is 0 Å². The number of nitrogens with two attached hydrogens (primary N) is 1. The number of amides is 1. The molecule has 11 heteroatoms. The highest BCUT2D eigenvalue weighted by molar-refractivity contribution is 6.25. The fraction of sp³-hybridized carbons (Fsp3) is 0.455. The molecular weight excluding hydrogens is 438 g/mol. The molecule has 1 aromatic rings. The quantitative estimate of drug-likeness (QED) is 0.232. The van der Waals surface area contributed by atoms with Gasteiger partial charge in [-0.1, -0.05) is 13.0 Å². The lowest BCUT2D eigenvalue weighted by molar-refractivity contribution is -0.186. The molecule has 1 aromatic carbocycles. The number of methoxy groups -OCH3 is 1. The van der Waals surface area contributed by atoms with Crippen LogP contribution in [0.2, 0.25) is 0 Å². The van der Waals surface area contributed by atoms with Crippen LogP contribution < -0.4 is 5.73 Å². The van der Waals surface area contributed by atoms with Crippen LogP contribution in [-0.4, -0.2) is 73.9 Å². The summed E-state index contributed by atoms with van der Waals surface area (Å²) in [5.74, 6) is -11.4. The molecule has 0 aliphatic heterocycles. The number of benzene rings is 1. The van der Waals surface area contributed by atoms with E-state index in [0.717, 1.165) is 7.11 Å².